The van der Waals surface area contributed by atoms with Crippen LogP contribution in [0.4, 0.5) is 5.69 Å². The molecule has 1 unspecified atom stereocenters. The molecule has 10 nitrogen and oxygen atoms in total. The zero-order valence-corrected chi connectivity index (χ0v) is 22.1. The number of aliphatic carboxylic acids is 1. The summed E-state index contributed by atoms with van der Waals surface area (Å²) in [6.07, 6.45) is 2.90. The Labute approximate surface area is 230 Å². The lowest BCUT2D eigenvalue weighted by molar-refractivity contribution is -0.384. The Morgan fingerprint density at radius 2 is 1.92 bits per heavy atom. The minimum Gasteiger partial charge on any atom is -0.477 e. The standard InChI is InChI=1S/C27H22N4O6S2/c1-14(32)20-22-18(11-15-7-9-16(10-8-15)31(36)37)21(23(27(34)35)30(22)25(20)33)19-12-29-13-28-24(26(29)39-19)38-17-5-3-2-4-6-17/h2-10,12-14,18,20,22,32H,11H2,1H3,(H,34,35)/t14-,18?,20-,22-/m1/s1. The van der Waals surface area contributed by atoms with Gasteiger partial charge in [0.1, 0.15) is 21.9 Å². The first-order valence-corrected chi connectivity index (χ1v) is 13.8. The number of fused-ring (bicyclic) bond motifs is 2. The number of thiazole rings is 1. The molecule has 0 aliphatic carbocycles. The number of carboxylic acids is 1. The molecule has 4 heterocycles. The van der Waals surface area contributed by atoms with Crippen LogP contribution in [0, 0.1) is 22.0 Å². The summed E-state index contributed by atoms with van der Waals surface area (Å²) in [4.78, 5) is 44.7. The molecule has 12 heteroatoms. The minimum absolute atomic E-state index is 0.0428. The van der Waals surface area contributed by atoms with Crippen molar-refractivity contribution in [1.82, 2.24) is 14.3 Å². The van der Waals surface area contributed by atoms with E-state index in [4.69, 9.17) is 0 Å². The Kier molecular flexibility index (Phi) is 6.25. The Morgan fingerprint density at radius 3 is 2.56 bits per heavy atom. The van der Waals surface area contributed by atoms with Crippen molar-refractivity contribution in [1.29, 1.82) is 0 Å². The number of rotatable bonds is 8. The first-order chi connectivity index (χ1) is 18.7. The van der Waals surface area contributed by atoms with Crippen molar-refractivity contribution in [2.24, 2.45) is 11.8 Å². The topological polar surface area (TPSA) is 138 Å². The number of hydrogen-bond acceptors (Lipinski definition) is 8. The number of imidazole rings is 1. The molecule has 1 fully saturated rings. The molecule has 0 spiro atoms. The fraction of sp³-hybridized carbons (Fsp3) is 0.222. The highest BCUT2D eigenvalue weighted by Crippen LogP contribution is 2.53. The van der Waals surface area contributed by atoms with E-state index in [1.807, 2.05) is 40.9 Å². The summed E-state index contributed by atoms with van der Waals surface area (Å²) in [5.41, 5.74) is 1.16. The summed E-state index contributed by atoms with van der Waals surface area (Å²) in [6, 6.07) is 15.4. The number of nitro benzene ring substituents is 1. The van der Waals surface area contributed by atoms with Crippen molar-refractivity contribution in [2.45, 2.75) is 35.4 Å². The van der Waals surface area contributed by atoms with E-state index in [0.29, 0.717) is 16.9 Å². The number of amides is 1. The Bertz CT molecular complexity index is 1640. The largest absolute Gasteiger partial charge is 0.477 e. The second kappa shape index (κ2) is 9.63. The van der Waals surface area contributed by atoms with Crippen LogP contribution >= 0.6 is 23.1 Å². The van der Waals surface area contributed by atoms with E-state index in [9.17, 15) is 29.9 Å². The summed E-state index contributed by atoms with van der Waals surface area (Å²) in [5.74, 6) is -2.80. The van der Waals surface area contributed by atoms with E-state index in [1.54, 1.807) is 18.5 Å². The number of nitro groups is 1. The SMILES string of the molecule is C[C@@H](O)[C@H]1C(=O)N2C(C(=O)O)=C(c3cn4cnc(Sc5ccccc5)c4s3)C(Cc3ccc([N+](=O)[O-])cc3)[C@H]12. The second-order valence-corrected chi connectivity index (χ2v) is 11.6. The van der Waals surface area contributed by atoms with Crippen molar-refractivity contribution in [3.63, 3.8) is 0 Å². The van der Waals surface area contributed by atoms with E-state index >= 15 is 0 Å². The molecule has 2 aromatic heterocycles. The van der Waals surface area contributed by atoms with Gasteiger partial charge in [-0.25, -0.2) is 9.78 Å². The van der Waals surface area contributed by atoms with Gasteiger partial charge in [0, 0.05) is 34.7 Å². The molecule has 2 aliphatic rings. The number of carboxylic acid groups (broad SMARTS) is 1. The van der Waals surface area contributed by atoms with E-state index in [2.05, 4.69) is 4.98 Å². The molecule has 4 aromatic rings. The van der Waals surface area contributed by atoms with E-state index in [1.165, 1.54) is 47.1 Å². The molecule has 1 saturated heterocycles. The van der Waals surface area contributed by atoms with E-state index in [-0.39, 0.29) is 11.4 Å². The number of carbonyl (C=O) groups is 2. The van der Waals surface area contributed by atoms with Crippen LogP contribution < -0.4 is 0 Å². The maximum Gasteiger partial charge on any atom is 0.352 e. The number of β-lactam (4-membered cyclic amide) rings is 1. The average Bonchev–Trinajstić information content (AvgIpc) is 3.55. The molecule has 2 aromatic carbocycles. The Balaban J connectivity index is 1.44. The number of aromatic nitrogens is 2. The normalized spacial score (nSPS) is 21.2. The van der Waals surface area contributed by atoms with Crippen LogP contribution in [0.5, 0.6) is 0 Å². The number of aliphatic hydroxyl groups excluding tert-OH is 1. The van der Waals surface area contributed by atoms with Gasteiger partial charge in [-0.15, -0.1) is 11.3 Å². The molecule has 198 valence electrons. The van der Waals surface area contributed by atoms with Gasteiger partial charge in [-0.2, -0.15) is 0 Å². The molecule has 1 amide bonds. The molecule has 0 saturated carbocycles. The zero-order valence-electron chi connectivity index (χ0n) is 20.5. The number of aliphatic hydroxyl groups is 1. The van der Waals surface area contributed by atoms with Crippen LogP contribution in [0.2, 0.25) is 0 Å². The predicted octanol–water partition coefficient (Wildman–Crippen LogP) is 4.33. The fourth-order valence-corrected chi connectivity index (χ4v) is 7.65. The maximum atomic E-state index is 13.1. The summed E-state index contributed by atoms with van der Waals surface area (Å²) in [7, 11) is 0. The molecule has 4 atom stereocenters. The second-order valence-electron chi connectivity index (χ2n) is 9.54. The molecule has 0 bridgehead atoms. The van der Waals surface area contributed by atoms with Gasteiger partial charge in [0.05, 0.1) is 27.9 Å². The number of non-ortho nitro benzene ring substituents is 1. The summed E-state index contributed by atoms with van der Waals surface area (Å²) in [6.45, 7) is 1.54. The number of carbonyl (C=O) groups excluding carboxylic acids is 1. The molecule has 2 N–H and O–H groups in total. The van der Waals surface area contributed by atoms with Gasteiger partial charge >= 0.3 is 5.97 Å². The summed E-state index contributed by atoms with van der Waals surface area (Å²) in [5, 5.41) is 32.6. The van der Waals surface area contributed by atoms with Crippen molar-refractivity contribution < 1.29 is 24.7 Å². The van der Waals surface area contributed by atoms with Crippen LogP contribution in [-0.2, 0) is 16.0 Å². The molecule has 6 rings (SSSR count). The van der Waals surface area contributed by atoms with Crippen molar-refractivity contribution in [3.05, 3.63) is 93.4 Å². The Hall–Kier alpha value is -4.00. The maximum absolute atomic E-state index is 13.1. The van der Waals surface area contributed by atoms with Crippen molar-refractivity contribution in [3.8, 4) is 0 Å². The van der Waals surface area contributed by atoms with Crippen LogP contribution in [0.15, 0.2) is 82.7 Å². The molecular formula is C27H22N4O6S2. The fourth-order valence-electron chi connectivity index (χ4n) is 5.51. The minimum atomic E-state index is -1.21. The van der Waals surface area contributed by atoms with Crippen molar-refractivity contribution >= 4 is 51.1 Å². The van der Waals surface area contributed by atoms with Gasteiger partial charge < -0.3 is 15.1 Å². The van der Waals surface area contributed by atoms with Crippen molar-refractivity contribution in [2.75, 3.05) is 0 Å². The van der Waals surface area contributed by atoms with Crippen LogP contribution in [0.25, 0.3) is 10.4 Å². The quantitative estimate of drug-likeness (QED) is 0.184. The average molecular weight is 563 g/mol. The predicted molar refractivity (Wildman–Crippen MR) is 144 cm³/mol. The highest BCUT2D eigenvalue weighted by Gasteiger charge is 2.61. The highest BCUT2D eigenvalue weighted by molar-refractivity contribution is 7.99. The van der Waals surface area contributed by atoms with Gasteiger partial charge in [-0.1, -0.05) is 42.1 Å². The Morgan fingerprint density at radius 1 is 1.21 bits per heavy atom. The zero-order chi connectivity index (χ0) is 27.4. The third-order valence-corrected chi connectivity index (χ3v) is 9.47. The van der Waals surface area contributed by atoms with Gasteiger partial charge in [0.25, 0.3) is 5.69 Å². The van der Waals surface area contributed by atoms with E-state index < -0.39 is 40.8 Å². The lowest BCUT2D eigenvalue weighted by Crippen LogP contribution is -2.64. The first-order valence-electron chi connectivity index (χ1n) is 12.2. The third-order valence-electron chi connectivity index (χ3n) is 7.20. The van der Waals surface area contributed by atoms with Gasteiger partial charge in [0.15, 0.2) is 0 Å². The lowest BCUT2D eigenvalue weighted by Gasteiger charge is -2.47. The molecular weight excluding hydrogens is 540 g/mol. The molecule has 2 aliphatic heterocycles. The van der Waals surface area contributed by atoms with E-state index in [0.717, 1.165) is 20.3 Å². The first kappa shape index (κ1) is 25.3. The van der Waals surface area contributed by atoms with Crippen LogP contribution in [-0.4, -0.2) is 53.4 Å². The molecule has 0 radical (unpaired) electrons. The van der Waals surface area contributed by atoms with Gasteiger partial charge in [-0.3, -0.25) is 19.3 Å². The molecule has 39 heavy (non-hydrogen) atoms. The number of benzene rings is 2. The third kappa shape index (κ3) is 4.20. The monoisotopic (exact) mass is 562 g/mol. The van der Waals surface area contributed by atoms with Gasteiger partial charge in [0.2, 0.25) is 5.91 Å². The summed E-state index contributed by atoms with van der Waals surface area (Å²) >= 11 is 2.91. The number of nitrogens with zero attached hydrogens (tertiary/aromatic N) is 4. The van der Waals surface area contributed by atoms with Gasteiger partial charge in [-0.05, 0) is 31.0 Å². The highest BCUT2D eigenvalue weighted by atomic mass is 32.2. The summed E-state index contributed by atoms with van der Waals surface area (Å²) < 4.78 is 1.85. The number of hydrogen-bond donors (Lipinski definition) is 2. The van der Waals surface area contributed by atoms with Crippen LogP contribution in [0.3, 0.4) is 0 Å². The lowest BCUT2D eigenvalue weighted by atomic mass is 9.74. The smallest absolute Gasteiger partial charge is 0.352 e. The van der Waals surface area contributed by atoms with Crippen LogP contribution in [0.1, 0.15) is 17.4 Å².